The third-order valence-electron chi connectivity index (χ3n) is 1.87. The molecule has 0 bridgehead atoms. The maximum Gasteiger partial charge on any atom is 0.307 e. The van der Waals surface area contributed by atoms with E-state index in [9.17, 15) is 9.18 Å². The first-order valence-electron chi connectivity index (χ1n) is 4.41. The molecule has 0 amide bonds. The van der Waals surface area contributed by atoms with Gasteiger partial charge in [0.05, 0.1) is 13.0 Å². The molecule has 0 aromatic heterocycles. The third-order valence-corrected chi connectivity index (χ3v) is 1.87. The molecule has 3 nitrogen and oxygen atoms in total. The smallest absolute Gasteiger partial charge is 0.307 e. The Bertz CT molecular complexity index is 385. The lowest BCUT2D eigenvalue weighted by Crippen LogP contribution is -1.92. The predicted octanol–water partition coefficient (Wildman–Crippen LogP) is 1.81. The highest BCUT2D eigenvalue weighted by atomic mass is 19.1. The Labute approximate surface area is 86.5 Å². The summed E-state index contributed by atoms with van der Waals surface area (Å²) in [5.74, 6) is -1.37. The molecule has 0 atom stereocenters. The SMILES string of the molecule is O=C(O)CC=Cc1cc(F)ccc1CO. The van der Waals surface area contributed by atoms with Crippen LogP contribution in [0.15, 0.2) is 24.3 Å². The fraction of sp³-hybridized carbons (Fsp3) is 0.182. The molecule has 0 radical (unpaired) electrons. The van der Waals surface area contributed by atoms with Crippen LogP contribution in [0.25, 0.3) is 6.08 Å². The van der Waals surface area contributed by atoms with E-state index in [0.717, 1.165) is 0 Å². The van der Waals surface area contributed by atoms with Gasteiger partial charge in [-0.25, -0.2) is 4.39 Å². The highest BCUT2D eigenvalue weighted by Crippen LogP contribution is 2.13. The van der Waals surface area contributed by atoms with Crippen molar-refractivity contribution in [2.45, 2.75) is 13.0 Å². The second-order valence-electron chi connectivity index (χ2n) is 3.00. The molecule has 0 aliphatic heterocycles. The Balaban J connectivity index is 2.87. The lowest BCUT2D eigenvalue weighted by molar-refractivity contribution is -0.135. The van der Waals surface area contributed by atoms with Crippen molar-refractivity contribution in [2.24, 2.45) is 0 Å². The second kappa shape index (κ2) is 5.26. The van der Waals surface area contributed by atoms with Crippen LogP contribution in [0.5, 0.6) is 0 Å². The first-order valence-corrected chi connectivity index (χ1v) is 4.41. The maximum absolute atomic E-state index is 12.8. The molecule has 0 fully saturated rings. The van der Waals surface area contributed by atoms with Gasteiger partial charge in [0.2, 0.25) is 0 Å². The number of benzene rings is 1. The number of aliphatic carboxylic acids is 1. The fourth-order valence-electron chi connectivity index (χ4n) is 1.15. The molecule has 1 aromatic carbocycles. The van der Waals surface area contributed by atoms with E-state index in [2.05, 4.69) is 0 Å². The Morgan fingerprint density at radius 1 is 1.47 bits per heavy atom. The molecular formula is C11H11FO3. The number of carboxylic acid groups (broad SMARTS) is 1. The normalized spacial score (nSPS) is 10.8. The van der Waals surface area contributed by atoms with E-state index >= 15 is 0 Å². The van der Waals surface area contributed by atoms with E-state index in [-0.39, 0.29) is 13.0 Å². The molecule has 0 heterocycles. The van der Waals surface area contributed by atoms with Gasteiger partial charge in [-0.15, -0.1) is 0 Å². The minimum Gasteiger partial charge on any atom is -0.481 e. The Kier molecular flexibility index (Phi) is 4.00. The largest absolute Gasteiger partial charge is 0.481 e. The van der Waals surface area contributed by atoms with Crippen molar-refractivity contribution in [2.75, 3.05) is 0 Å². The highest BCUT2D eigenvalue weighted by Gasteiger charge is 2.00. The van der Waals surface area contributed by atoms with Crippen molar-refractivity contribution in [1.82, 2.24) is 0 Å². The van der Waals surface area contributed by atoms with Gasteiger partial charge in [0, 0.05) is 0 Å². The van der Waals surface area contributed by atoms with Gasteiger partial charge in [-0.1, -0.05) is 18.2 Å². The van der Waals surface area contributed by atoms with Gasteiger partial charge in [-0.2, -0.15) is 0 Å². The molecule has 1 aromatic rings. The van der Waals surface area contributed by atoms with Gasteiger partial charge >= 0.3 is 5.97 Å². The summed E-state index contributed by atoms with van der Waals surface area (Å²) < 4.78 is 12.8. The number of carboxylic acids is 1. The first kappa shape index (κ1) is 11.4. The van der Waals surface area contributed by atoms with Crippen LogP contribution in [0.3, 0.4) is 0 Å². The van der Waals surface area contributed by atoms with Crippen LogP contribution in [0.1, 0.15) is 17.5 Å². The van der Waals surface area contributed by atoms with E-state index in [4.69, 9.17) is 10.2 Å². The van der Waals surface area contributed by atoms with Gasteiger partial charge < -0.3 is 10.2 Å². The highest BCUT2D eigenvalue weighted by molar-refractivity contribution is 5.70. The molecule has 4 heteroatoms. The summed E-state index contributed by atoms with van der Waals surface area (Å²) >= 11 is 0. The zero-order valence-electron chi connectivity index (χ0n) is 7.98. The lowest BCUT2D eigenvalue weighted by Gasteiger charge is -2.02. The zero-order valence-corrected chi connectivity index (χ0v) is 7.98. The van der Waals surface area contributed by atoms with Crippen LogP contribution >= 0.6 is 0 Å². The number of halogens is 1. The molecule has 15 heavy (non-hydrogen) atoms. The van der Waals surface area contributed by atoms with Gasteiger partial charge in [-0.05, 0) is 23.3 Å². The average molecular weight is 210 g/mol. The third kappa shape index (κ3) is 3.52. The molecule has 0 aliphatic carbocycles. The summed E-state index contributed by atoms with van der Waals surface area (Å²) in [5.41, 5.74) is 1.07. The Hall–Kier alpha value is -1.68. The number of carbonyl (C=O) groups is 1. The quantitative estimate of drug-likeness (QED) is 0.796. The average Bonchev–Trinajstić information content (AvgIpc) is 2.17. The van der Waals surface area contributed by atoms with E-state index < -0.39 is 11.8 Å². The molecular weight excluding hydrogens is 199 g/mol. The number of rotatable bonds is 4. The van der Waals surface area contributed by atoms with Crippen molar-refractivity contribution >= 4 is 12.0 Å². The van der Waals surface area contributed by atoms with Gasteiger partial charge in [0.15, 0.2) is 0 Å². The molecule has 0 saturated carbocycles. The summed E-state index contributed by atoms with van der Waals surface area (Å²) in [4.78, 5) is 10.2. The Morgan fingerprint density at radius 3 is 2.80 bits per heavy atom. The molecule has 2 N–H and O–H groups in total. The van der Waals surface area contributed by atoms with Crippen LogP contribution in [0, 0.1) is 5.82 Å². The molecule has 0 saturated heterocycles. The number of aliphatic hydroxyl groups excluding tert-OH is 1. The van der Waals surface area contributed by atoms with Gasteiger partial charge in [0.1, 0.15) is 5.82 Å². The van der Waals surface area contributed by atoms with E-state index in [0.29, 0.717) is 11.1 Å². The van der Waals surface area contributed by atoms with Crippen LogP contribution < -0.4 is 0 Å². The minimum absolute atomic E-state index is 0.124. The maximum atomic E-state index is 12.8. The van der Waals surface area contributed by atoms with E-state index in [1.54, 1.807) is 0 Å². The second-order valence-corrected chi connectivity index (χ2v) is 3.00. The summed E-state index contributed by atoms with van der Waals surface area (Å²) in [6.45, 7) is -0.201. The Morgan fingerprint density at radius 2 is 2.20 bits per heavy atom. The van der Waals surface area contributed by atoms with Gasteiger partial charge in [-0.3, -0.25) is 4.79 Å². The van der Waals surface area contributed by atoms with Crippen molar-refractivity contribution < 1.29 is 19.4 Å². The lowest BCUT2D eigenvalue weighted by atomic mass is 10.1. The number of hydrogen-bond donors (Lipinski definition) is 2. The number of aliphatic hydroxyl groups is 1. The van der Waals surface area contributed by atoms with E-state index in [1.807, 2.05) is 0 Å². The zero-order chi connectivity index (χ0) is 11.3. The summed E-state index contributed by atoms with van der Waals surface area (Å²) in [5, 5.41) is 17.3. The predicted molar refractivity (Wildman–Crippen MR) is 53.6 cm³/mol. The van der Waals surface area contributed by atoms with Crippen molar-refractivity contribution in [3.63, 3.8) is 0 Å². The van der Waals surface area contributed by atoms with Gasteiger partial charge in [0.25, 0.3) is 0 Å². The fourth-order valence-corrected chi connectivity index (χ4v) is 1.15. The topological polar surface area (TPSA) is 57.5 Å². The molecule has 0 spiro atoms. The van der Waals surface area contributed by atoms with Crippen LogP contribution in [0.2, 0.25) is 0 Å². The standard InChI is InChI=1S/C11H11FO3/c12-10-5-4-9(7-13)8(6-10)2-1-3-11(14)15/h1-2,4-6,13H,3,7H2,(H,14,15). The molecule has 0 unspecified atom stereocenters. The molecule has 0 aliphatic rings. The summed E-state index contributed by atoms with van der Waals surface area (Å²) in [7, 11) is 0. The number of hydrogen-bond acceptors (Lipinski definition) is 2. The monoisotopic (exact) mass is 210 g/mol. The van der Waals surface area contributed by atoms with Crippen LogP contribution in [-0.4, -0.2) is 16.2 Å². The van der Waals surface area contributed by atoms with Crippen molar-refractivity contribution in [3.05, 3.63) is 41.2 Å². The van der Waals surface area contributed by atoms with Crippen LogP contribution in [0.4, 0.5) is 4.39 Å². The molecule has 1 rings (SSSR count). The summed E-state index contributed by atoms with van der Waals surface area (Å²) in [6, 6.07) is 3.97. The summed E-state index contributed by atoms with van der Waals surface area (Å²) in [6.07, 6.45) is 2.78. The van der Waals surface area contributed by atoms with Crippen LogP contribution in [-0.2, 0) is 11.4 Å². The first-order chi connectivity index (χ1) is 7.13. The van der Waals surface area contributed by atoms with Crippen molar-refractivity contribution in [1.29, 1.82) is 0 Å². The minimum atomic E-state index is -0.951. The molecule has 80 valence electrons. The van der Waals surface area contributed by atoms with Crippen molar-refractivity contribution in [3.8, 4) is 0 Å². The van der Waals surface area contributed by atoms with E-state index in [1.165, 1.54) is 30.4 Å².